The van der Waals surface area contributed by atoms with Crippen LogP contribution in [0, 0.1) is 25.2 Å². The van der Waals surface area contributed by atoms with Crippen LogP contribution in [0.4, 0.5) is 5.69 Å². The quantitative estimate of drug-likeness (QED) is 0.343. The SMILES string of the molecule is CCCn1c(C)cc(/C=C(\C#N)C(=O)OCC(=O)Nc2cccc3ccccc23)c1C. The number of carbonyl (C=O) groups excluding carboxylic acids is 2. The van der Waals surface area contributed by atoms with Crippen molar-refractivity contribution < 1.29 is 14.3 Å². The van der Waals surface area contributed by atoms with Crippen LogP contribution in [0.3, 0.4) is 0 Å². The van der Waals surface area contributed by atoms with Crippen LogP contribution in [-0.4, -0.2) is 23.1 Å². The van der Waals surface area contributed by atoms with Crippen LogP contribution in [0.25, 0.3) is 16.8 Å². The van der Waals surface area contributed by atoms with Crippen LogP contribution in [-0.2, 0) is 20.9 Å². The summed E-state index contributed by atoms with van der Waals surface area (Å²) in [5, 5.41) is 14.1. The van der Waals surface area contributed by atoms with Gasteiger partial charge in [0.05, 0.1) is 0 Å². The minimum atomic E-state index is -0.823. The van der Waals surface area contributed by atoms with Gasteiger partial charge in [-0.15, -0.1) is 0 Å². The van der Waals surface area contributed by atoms with Crippen molar-refractivity contribution in [2.24, 2.45) is 0 Å². The molecule has 3 rings (SSSR count). The Morgan fingerprint density at radius 2 is 1.90 bits per heavy atom. The second-order valence-corrected chi connectivity index (χ2v) is 7.30. The standard InChI is InChI=1S/C25H25N3O3/c1-4-12-28-17(2)13-20(18(28)3)14-21(15-26)25(30)31-16-24(29)27-23-11-7-9-19-8-5-6-10-22(19)23/h5-11,13-14H,4,12,16H2,1-3H3,(H,27,29)/b21-14+. The van der Waals surface area contributed by atoms with E-state index in [1.807, 2.05) is 62.4 Å². The summed E-state index contributed by atoms with van der Waals surface area (Å²) in [6.07, 6.45) is 2.50. The molecule has 0 fully saturated rings. The molecule has 1 N–H and O–H groups in total. The summed E-state index contributed by atoms with van der Waals surface area (Å²) in [4.78, 5) is 24.7. The van der Waals surface area contributed by atoms with E-state index in [1.165, 1.54) is 6.08 Å². The van der Waals surface area contributed by atoms with Gasteiger partial charge < -0.3 is 14.6 Å². The van der Waals surface area contributed by atoms with Crippen molar-refractivity contribution in [1.82, 2.24) is 4.57 Å². The van der Waals surface area contributed by atoms with Gasteiger partial charge in [0, 0.05) is 29.0 Å². The highest BCUT2D eigenvalue weighted by atomic mass is 16.5. The van der Waals surface area contributed by atoms with Gasteiger partial charge in [-0.1, -0.05) is 43.3 Å². The van der Waals surface area contributed by atoms with Gasteiger partial charge in [-0.25, -0.2) is 4.79 Å². The monoisotopic (exact) mass is 415 g/mol. The second kappa shape index (κ2) is 9.77. The van der Waals surface area contributed by atoms with Gasteiger partial charge >= 0.3 is 5.97 Å². The number of aromatic nitrogens is 1. The van der Waals surface area contributed by atoms with Crippen molar-refractivity contribution in [1.29, 1.82) is 5.26 Å². The van der Waals surface area contributed by atoms with Crippen LogP contribution in [0.2, 0.25) is 0 Å². The largest absolute Gasteiger partial charge is 0.451 e. The van der Waals surface area contributed by atoms with Crippen molar-refractivity contribution in [2.75, 3.05) is 11.9 Å². The van der Waals surface area contributed by atoms with E-state index in [1.54, 1.807) is 6.07 Å². The molecule has 0 aliphatic rings. The Balaban J connectivity index is 1.67. The fraction of sp³-hybridized carbons (Fsp3) is 0.240. The van der Waals surface area contributed by atoms with Crippen LogP contribution in [0.5, 0.6) is 0 Å². The molecule has 2 aromatic carbocycles. The van der Waals surface area contributed by atoms with Crippen molar-refractivity contribution in [2.45, 2.75) is 33.7 Å². The van der Waals surface area contributed by atoms with Gasteiger partial charge in [0.15, 0.2) is 6.61 Å². The molecule has 0 saturated carbocycles. The van der Waals surface area contributed by atoms with Crippen molar-refractivity contribution >= 4 is 34.4 Å². The highest BCUT2D eigenvalue weighted by Crippen LogP contribution is 2.23. The highest BCUT2D eigenvalue weighted by molar-refractivity contribution is 6.04. The molecule has 0 atom stereocenters. The first kappa shape index (κ1) is 21.8. The number of rotatable bonds is 7. The zero-order chi connectivity index (χ0) is 22.4. The molecule has 6 heteroatoms. The summed E-state index contributed by atoms with van der Waals surface area (Å²) in [6.45, 7) is 6.42. The maximum atomic E-state index is 12.4. The lowest BCUT2D eigenvalue weighted by molar-refractivity contribution is -0.142. The molecule has 158 valence electrons. The van der Waals surface area contributed by atoms with E-state index in [9.17, 15) is 14.9 Å². The number of nitriles is 1. The van der Waals surface area contributed by atoms with E-state index < -0.39 is 18.5 Å². The third-order valence-electron chi connectivity index (χ3n) is 5.10. The van der Waals surface area contributed by atoms with Crippen molar-refractivity contribution in [3.05, 3.63) is 71.1 Å². The average Bonchev–Trinajstić information content (AvgIpc) is 3.03. The first-order valence-electron chi connectivity index (χ1n) is 10.2. The third-order valence-corrected chi connectivity index (χ3v) is 5.10. The summed E-state index contributed by atoms with van der Waals surface area (Å²) in [7, 11) is 0. The molecule has 0 spiro atoms. The molecule has 31 heavy (non-hydrogen) atoms. The van der Waals surface area contributed by atoms with Crippen LogP contribution >= 0.6 is 0 Å². The molecular weight excluding hydrogens is 390 g/mol. The Kier molecular flexibility index (Phi) is 6.88. The van der Waals surface area contributed by atoms with Crippen LogP contribution in [0.15, 0.2) is 54.1 Å². The Bertz CT molecular complexity index is 1190. The van der Waals surface area contributed by atoms with Gasteiger partial charge in [0.2, 0.25) is 0 Å². The van der Waals surface area contributed by atoms with Gasteiger partial charge in [0.25, 0.3) is 5.91 Å². The number of nitrogens with one attached hydrogen (secondary N) is 1. The van der Waals surface area contributed by atoms with Crippen molar-refractivity contribution in [3.63, 3.8) is 0 Å². The van der Waals surface area contributed by atoms with E-state index in [4.69, 9.17) is 4.74 Å². The maximum Gasteiger partial charge on any atom is 0.349 e. The fourth-order valence-electron chi connectivity index (χ4n) is 3.56. The molecule has 0 aliphatic heterocycles. The molecule has 0 unspecified atom stereocenters. The van der Waals surface area contributed by atoms with E-state index in [0.29, 0.717) is 5.69 Å². The molecule has 1 aromatic heterocycles. The Hall–Kier alpha value is -3.85. The predicted octanol–water partition coefficient (Wildman–Crippen LogP) is 4.76. The third kappa shape index (κ3) is 5.01. The number of esters is 1. The lowest BCUT2D eigenvalue weighted by Gasteiger charge is -2.09. The Morgan fingerprint density at radius 3 is 2.65 bits per heavy atom. The maximum absolute atomic E-state index is 12.4. The van der Waals surface area contributed by atoms with Gasteiger partial charge in [-0.2, -0.15) is 5.26 Å². The number of nitrogens with zero attached hydrogens (tertiary/aromatic N) is 2. The summed E-state index contributed by atoms with van der Waals surface area (Å²) in [6, 6.07) is 17.1. The van der Waals surface area contributed by atoms with Gasteiger partial charge in [0.1, 0.15) is 11.6 Å². The Morgan fingerprint density at radius 1 is 1.16 bits per heavy atom. The number of aryl methyl sites for hydroxylation is 1. The van der Waals surface area contributed by atoms with E-state index in [2.05, 4.69) is 16.8 Å². The number of ether oxygens (including phenoxy) is 1. The lowest BCUT2D eigenvalue weighted by atomic mass is 10.1. The molecule has 3 aromatic rings. The number of amides is 1. The summed E-state index contributed by atoms with van der Waals surface area (Å²) < 4.78 is 7.23. The molecular formula is C25H25N3O3. The molecule has 6 nitrogen and oxygen atoms in total. The zero-order valence-corrected chi connectivity index (χ0v) is 17.9. The van der Waals surface area contributed by atoms with E-state index >= 15 is 0 Å². The molecule has 1 heterocycles. The smallest absolute Gasteiger partial charge is 0.349 e. The molecule has 0 bridgehead atoms. The second-order valence-electron chi connectivity index (χ2n) is 7.30. The van der Waals surface area contributed by atoms with Gasteiger partial charge in [-0.05, 0) is 49.4 Å². The number of fused-ring (bicyclic) bond motifs is 1. The lowest BCUT2D eigenvalue weighted by Crippen LogP contribution is -2.21. The van der Waals surface area contributed by atoms with E-state index in [0.717, 1.165) is 40.7 Å². The first-order chi connectivity index (χ1) is 14.9. The average molecular weight is 415 g/mol. The number of anilines is 1. The minimum Gasteiger partial charge on any atom is -0.451 e. The van der Waals surface area contributed by atoms with Crippen LogP contribution < -0.4 is 5.32 Å². The predicted molar refractivity (Wildman–Crippen MR) is 121 cm³/mol. The normalized spacial score (nSPS) is 11.2. The highest BCUT2D eigenvalue weighted by Gasteiger charge is 2.16. The minimum absolute atomic E-state index is 0.144. The Labute approximate surface area is 181 Å². The number of carbonyl (C=O) groups is 2. The summed E-state index contributed by atoms with van der Waals surface area (Å²) in [5.41, 5.74) is 3.33. The molecule has 1 amide bonds. The number of hydrogen-bond donors (Lipinski definition) is 1. The zero-order valence-electron chi connectivity index (χ0n) is 17.9. The number of benzene rings is 2. The van der Waals surface area contributed by atoms with E-state index in [-0.39, 0.29) is 5.57 Å². The topological polar surface area (TPSA) is 84.1 Å². The first-order valence-corrected chi connectivity index (χ1v) is 10.2. The summed E-state index contributed by atoms with van der Waals surface area (Å²) >= 11 is 0. The number of hydrogen-bond acceptors (Lipinski definition) is 4. The molecule has 0 radical (unpaired) electrons. The summed E-state index contributed by atoms with van der Waals surface area (Å²) in [5.74, 6) is -1.29. The molecule has 0 saturated heterocycles. The molecule has 0 aliphatic carbocycles. The van der Waals surface area contributed by atoms with Crippen LogP contribution in [0.1, 0.15) is 30.3 Å². The van der Waals surface area contributed by atoms with Gasteiger partial charge in [-0.3, -0.25) is 4.79 Å². The fourth-order valence-corrected chi connectivity index (χ4v) is 3.56. The van der Waals surface area contributed by atoms with Crippen molar-refractivity contribution in [3.8, 4) is 6.07 Å².